The number of hydrogen-bond donors (Lipinski definition) is 2. The molecular weight excluding hydrogens is 286 g/mol. The van der Waals surface area contributed by atoms with Gasteiger partial charge in [-0.2, -0.15) is 0 Å². The Bertz CT molecular complexity index is 573. The minimum atomic E-state index is 0.828. The van der Waals surface area contributed by atoms with Crippen LogP contribution in [0.2, 0.25) is 0 Å². The predicted octanol–water partition coefficient (Wildman–Crippen LogP) is 2.02. The van der Waals surface area contributed by atoms with Crippen LogP contribution < -0.4 is 10.2 Å². The van der Waals surface area contributed by atoms with E-state index in [0.717, 1.165) is 45.1 Å². The third kappa shape index (κ3) is 4.81. The molecule has 1 fully saturated rings. The molecule has 1 aromatic carbocycles. The zero-order valence-electron chi connectivity index (χ0n) is 14.0. The number of aromatic nitrogens is 2. The summed E-state index contributed by atoms with van der Waals surface area (Å²) < 4.78 is 0. The lowest BCUT2D eigenvalue weighted by molar-refractivity contribution is 0.254. The van der Waals surface area contributed by atoms with Gasteiger partial charge in [0.2, 0.25) is 0 Å². The molecule has 2 N–H and O–H groups in total. The summed E-state index contributed by atoms with van der Waals surface area (Å²) >= 11 is 0. The second-order valence-electron chi connectivity index (χ2n) is 6.23. The molecule has 1 aliphatic rings. The highest BCUT2D eigenvalue weighted by atomic mass is 15.3. The summed E-state index contributed by atoms with van der Waals surface area (Å²) in [4.78, 5) is 12.4. The van der Waals surface area contributed by atoms with Gasteiger partial charge in [-0.1, -0.05) is 12.1 Å². The number of nitrogens with one attached hydrogen (secondary N) is 2. The smallest absolute Gasteiger partial charge is 0.120 e. The summed E-state index contributed by atoms with van der Waals surface area (Å²) in [5, 5.41) is 3.44. The van der Waals surface area contributed by atoms with E-state index < -0.39 is 0 Å². The van der Waals surface area contributed by atoms with Gasteiger partial charge in [0.15, 0.2) is 0 Å². The minimum Gasteiger partial charge on any atom is -0.369 e. The first-order valence-corrected chi connectivity index (χ1v) is 8.54. The highest BCUT2D eigenvalue weighted by molar-refractivity contribution is 5.48. The number of aryl methyl sites for hydroxylation is 1. The fourth-order valence-electron chi connectivity index (χ4n) is 3.08. The van der Waals surface area contributed by atoms with Crippen LogP contribution in [0.15, 0.2) is 36.7 Å². The number of rotatable bonds is 7. The van der Waals surface area contributed by atoms with Crippen LogP contribution in [0.25, 0.3) is 0 Å². The van der Waals surface area contributed by atoms with Crippen LogP contribution in [0, 0.1) is 6.92 Å². The maximum atomic E-state index is 4.21. The van der Waals surface area contributed by atoms with E-state index in [0.29, 0.717) is 0 Å². The average molecular weight is 313 g/mol. The van der Waals surface area contributed by atoms with Gasteiger partial charge in [-0.25, -0.2) is 4.98 Å². The quantitative estimate of drug-likeness (QED) is 0.768. The number of aromatic amines is 1. The van der Waals surface area contributed by atoms with Gasteiger partial charge in [0.05, 0.1) is 6.54 Å². The van der Waals surface area contributed by atoms with E-state index >= 15 is 0 Å². The zero-order valence-corrected chi connectivity index (χ0v) is 14.0. The second-order valence-corrected chi connectivity index (χ2v) is 6.23. The molecule has 124 valence electrons. The van der Waals surface area contributed by atoms with Crippen LogP contribution in [0.5, 0.6) is 0 Å². The Morgan fingerprint density at radius 1 is 1.22 bits per heavy atom. The molecule has 23 heavy (non-hydrogen) atoms. The van der Waals surface area contributed by atoms with E-state index in [1.807, 2.05) is 6.20 Å². The van der Waals surface area contributed by atoms with Crippen molar-refractivity contribution in [2.24, 2.45) is 0 Å². The first kappa shape index (κ1) is 16.0. The fourth-order valence-corrected chi connectivity index (χ4v) is 3.08. The number of piperazine rings is 1. The topological polar surface area (TPSA) is 47.2 Å². The Labute approximate surface area is 138 Å². The van der Waals surface area contributed by atoms with Crippen molar-refractivity contribution < 1.29 is 0 Å². The van der Waals surface area contributed by atoms with Gasteiger partial charge in [0.25, 0.3) is 0 Å². The molecule has 5 heteroatoms. The van der Waals surface area contributed by atoms with E-state index in [1.54, 1.807) is 6.20 Å². The van der Waals surface area contributed by atoms with Crippen molar-refractivity contribution in [2.45, 2.75) is 19.9 Å². The average Bonchev–Trinajstić information content (AvgIpc) is 3.08. The van der Waals surface area contributed by atoms with Crippen molar-refractivity contribution in [3.05, 3.63) is 48.0 Å². The molecule has 1 saturated heterocycles. The van der Waals surface area contributed by atoms with E-state index in [2.05, 4.69) is 56.3 Å². The highest BCUT2D eigenvalue weighted by Gasteiger charge is 2.16. The Balaban J connectivity index is 1.31. The van der Waals surface area contributed by atoms with Gasteiger partial charge in [-0.15, -0.1) is 0 Å². The summed E-state index contributed by atoms with van der Waals surface area (Å²) in [6, 6.07) is 8.83. The van der Waals surface area contributed by atoms with Crippen molar-refractivity contribution in [1.82, 2.24) is 20.2 Å². The number of nitrogens with zero attached hydrogens (tertiary/aromatic N) is 3. The third-order valence-corrected chi connectivity index (χ3v) is 4.41. The lowest BCUT2D eigenvalue weighted by atomic mass is 10.2. The number of benzene rings is 1. The fraction of sp³-hybridized carbons (Fsp3) is 0.500. The van der Waals surface area contributed by atoms with Crippen LogP contribution in [0.4, 0.5) is 5.69 Å². The minimum absolute atomic E-state index is 0.828. The Kier molecular flexibility index (Phi) is 5.66. The maximum absolute atomic E-state index is 4.21. The Hall–Kier alpha value is -1.85. The summed E-state index contributed by atoms with van der Waals surface area (Å²) in [7, 11) is 0. The summed E-state index contributed by atoms with van der Waals surface area (Å²) in [5.74, 6) is 1.01. The molecular formula is C18H27N5. The van der Waals surface area contributed by atoms with Gasteiger partial charge >= 0.3 is 0 Å². The molecule has 0 radical (unpaired) electrons. The molecule has 0 bridgehead atoms. The van der Waals surface area contributed by atoms with Gasteiger partial charge < -0.3 is 15.2 Å². The lowest BCUT2D eigenvalue weighted by Gasteiger charge is -2.36. The molecule has 0 atom stereocenters. The van der Waals surface area contributed by atoms with Gasteiger partial charge in [-0.05, 0) is 44.1 Å². The SMILES string of the molecule is Cc1cccc(N2CCN(CCCNCc3ncc[nH]3)CC2)c1. The lowest BCUT2D eigenvalue weighted by Crippen LogP contribution is -2.47. The molecule has 0 saturated carbocycles. The van der Waals surface area contributed by atoms with Crippen LogP contribution in [-0.2, 0) is 6.54 Å². The normalized spacial score (nSPS) is 16.0. The molecule has 2 aromatic rings. The van der Waals surface area contributed by atoms with Crippen molar-refractivity contribution in [3.63, 3.8) is 0 Å². The van der Waals surface area contributed by atoms with Crippen LogP contribution in [0.3, 0.4) is 0 Å². The van der Waals surface area contributed by atoms with E-state index in [1.165, 1.54) is 24.2 Å². The highest BCUT2D eigenvalue weighted by Crippen LogP contribution is 2.17. The van der Waals surface area contributed by atoms with Crippen LogP contribution >= 0.6 is 0 Å². The number of H-pyrrole nitrogens is 1. The Morgan fingerprint density at radius 3 is 2.83 bits per heavy atom. The largest absolute Gasteiger partial charge is 0.369 e. The van der Waals surface area contributed by atoms with Crippen molar-refractivity contribution in [3.8, 4) is 0 Å². The molecule has 1 aromatic heterocycles. The molecule has 0 unspecified atom stereocenters. The van der Waals surface area contributed by atoms with E-state index in [-0.39, 0.29) is 0 Å². The molecule has 5 nitrogen and oxygen atoms in total. The monoisotopic (exact) mass is 313 g/mol. The molecule has 0 aliphatic carbocycles. The van der Waals surface area contributed by atoms with E-state index in [9.17, 15) is 0 Å². The van der Waals surface area contributed by atoms with Crippen molar-refractivity contribution in [1.29, 1.82) is 0 Å². The van der Waals surface area contributed by atoms with E-state index in [4.69, 9.17) is 0 Å². The van der Waals surface area contributed by atoms with Gasteiger partial charge in [-0.3, -0.25) is 4.90 Å². The number of anilines is 1. The van der Waals surface area contributed by atoms with Crippen LogP contribution in [0.1, 0.15) is 17.8 Å². The first-order valence-electron chi connectivity index (χ1n) is 8.54. The predicted molar refractivity (Wildman–Crippen MR) is 94.7 cm³/mol. The number of imidazole rings is 1. The molecule has 1 aliphatic heterocycles. The molecule has 3 rings (SSSR count). The maximum Gasteiger partial charge on any atom is 0.120 e. The molecule has 2 heterocycles. The first-order chi connectivity index (χ1) is 11.3. The standard InChI is InChI=1S/C18H27N5/c1-16-4-2-5-17(14-16)23-12-10-22(11-13-23)9-3-6-19-15-18-20-7-8-21-18/h2,4-5,7-8,14,19H,3,6,9-13,15H2,1H3,(H,20,21). The second kappa shape index (κ2) is 8.13. The zero-order chi connectivity index (χ0) is 15.9. The Morgan fingerprint density at radius 2 is 2.09 bits per heavy atom. The summed E-state index contributed by atoms with van der Waals surface area (Å²) in [5.41, 5.74) is 2.71. The molecule has 0 amide bonds. The third-order valence-electron chi connectivity index (χ3n) is 4.41. The van der Waals surface area contributed by atoms with Crippen molar-refractivity contribution >= 4 is 5.69 Å². The van der Waals surface area contributed by atoms with Gasteiger partial charge in [0, 0.05) is 44.3 Å². The van der Waals surface area contributed by atoms with Crippen molar-refractivity contribution in [2.75, 3.05) is 44.2 Å². The number of hydrogen-bond acceptors (Lipinski definition) is 4. The van der Waals surface area contributed by atoms with Crippen LogP contribution in [-0.4, -0.2) is 54.1 Å². The van der Waals surface area contributed by atoms with Gasteiger partial charge in [0.1, 0.15) is 5.82 Å². The molecule has 0 spiro atoms. The summed E-state index contributed by atoms with van der Waals surface area (Å²) in [6.45, 7) is 9.78. The summed E-state index contributed by atoms with van der Waals surface area (Å²) in [6.07, 6.45) is 4.85.